The highest BCUT2D eigenvalue weighted by molar-refractivity contribution is 5.90. The summed E-state index contributed by atoms with van der Waals surface area (Å²) in [5.41, 5.74) is 11.7. The summed E-state index contributed by atoms with van der Waals surface area (Å²) in [5.74, 6) is 0. The predicted octanol–water partition coefficient (Wildman–Crippen LogP) is 8.65. The van der Waals surface area contributed by atoms with Crippen molar-refractivity contribution >= 4 is 0 Å². The van der Waals surface area contributed by atoms with Gasteiger partial charge in [-0.3, -0.25) is 4.98 Å². The van der Waals surface area contributed by atoms with E-state index >= 15 is 0 Å². The lowest BCUT2D eigenvalue weighted by molar-refractivity contribution is 0.769. The van der Waals surface area contributed by atoms with Crippen LogP contribution in [0.15, 0.2) is 146 Å². The van der Waals surface area contributed by atoms with Gasteiger partial charge in [0.2, 0.25) is 0 Å². The Balaban J connectivity index is 1.57. The van der Waals surface area contributed by atoms with Crippen LogP contribution < -0.4 is 0 Å². The molecular weight excluding hydrogens is 472 g/mol. The van der Waals surface area contributed by atoms with Crippen LogP contribution in [0.25, 0.3) is 33.5 Å². The Kier molecular flexibility index (Phi) is 5.43. The highest BCUT2D eigenvalue weighted by atomic mass is 14.7. The van der Waals surface area contributed by atoms with E-state index in [0.717, 1.165) is 11.3 Å². The second kappa shape index (κ2) is 9.24. The van der Waals surface area contributed by atoms with Gasteiger partial charge in [0.1, 0.15) is 0 Å². The van der Waals surface area contributed by atoms with Crippen LogP contribution in [0.4, 0.5) is 0 Å². The van der Waals surface area contributed by atoms with Crippen molar-refractivity contribution in [2.45, 2.75) is 5.41 Å². The fourth-order valence-electron chi connectivity index (χ4n) is 6.12. The fraction of sp³-hybridized carbons (Fsp3) is 0.0270. The molecule has 182 valence electrons. The molecule has 0 fully saturated rings. The minimum atomic E-state index is -0.513. The van der Waals surface area contributed by atoms with Gasteiger partial charge in [-0.2, -0.15) is 5.26 Å². The maximum atomic E-state index is 9.50. The molecule has 6 aromatic rings. The first-order valence-corrected chi connectivity index (χ1v) is 13.1. The lowest BCUT2D eigenvalue weighted by Gasteiger charge is -2.34. The Morgan fingerprint density at radius 3 is 1.64 bits per heavy atom. The molecule has 0 amide bonds. The quantitative estimate of drug-likeness (QED) is 0.244. The van der Waals surface area contributed by atoms with Gasteiger partial charge in [-0.1, -0.05) is 115 Å². The first-order valence-electron chi connectivity index (χ1n) is 13.1. The molecule has 1 aliphatic carbocycles. The fourth-order valence-corrected chi connectivity index (χ4v) is 6.12. The van der Waals surface area contributed by atoms with E-state index in [1.165, 1.54) is 44.5 Å². The van der Waals surface area contributed by atoms with Gasteiger partial charge >= 0.3 is 0 Å². The van der Waals surface area contributed by atoms with Crippen LogP contribution in [0.5, 0.6) is 0 Å². The van der Waals surface area contributed by atoms with Crippen molar-refractivity contribution < 1.29 is 0 Å². The molecule has 0 aliphatic heterocycles. The van der Waals surface area contributed by atoms with Crippen molar-refractivity contribution in [2.75, 3.05) is 0 Å². The Morgan fingerprint density at radius 2 is 1.05 bits per heavy atom. The number of rotatable bonds is 4. The monoisotopic (exact) mass is 496 g/mol. The van der Waals surface area contributed by atoms with Gasteiger partial charge in [0, 0.05) is 11.8 Å². The van der Waals surface area contributed by atoms with E-state index in [1.54, 1.807) is 12.3 Å². The normalized spacial score (nSPS) is 12.8. The molecule has 0 radical (unpaired) electrons. The van der Waals surface area contributed by atoms with Crippen molar-refractivity contribution in [1.82, 2.24) is 4.98 Å². The summed E-state index contributed by atoms with van der Waals surface area (Å²) < 4.78 is 0. The summed E-state index contributed by atoms with van der Waals surface area (Å²) >= 11 is 0. The summed E-state index contributed by atoms with van der Waals surface area (Å²) in [6.07, 6.45) is 1.71. The van der Waals surface area contributed by atoms with E-state index in [2.05, 4.69) is 138 Å². The molecular formula is C37H24N2. The van der Waals surface area contributed by atoms with Gasteiger partial charge in [0.15, 0.2) is 0 Å². The number of fused-ring (bicyclic) bond motifs is 3. The first kappa shape index (κ1) is 22.9. The molecule has 2 heteroatoms. The molecule has 1 aliphatic rings. The molecule has 2 nitrogen and oxygen atoms in total. The molecule has 39 heavy (non-hydrogen) atoms. The van der Waals surface area contributed by atoms with Crippen molar-refractivity contribution in [3.05, 3.63) is 174 Å². The van der Waals surface area contributed by atoms with Crippen LogP contribution in [-0.4, -0.2) is 4.98 Å². The van der Waals surface area contributed by atoms with Crippen molar-refractivity contribution in [3.63, 3.8) is 0 Å². The number of pyridine rings is 1. The van der Waals surface area contributed by atoms with E-state index in [4.69, 9.17) is 0 Å². The number of hydrogen-bond acceptors (Lipinski definition) is 2. The summed E-state index contributed by atoms with van der Waals surface area (Å²) in [6, 6.07) is 51.6. The average Bonchev–Trinajstić information content (AvgIpc) is 3.32. The summed E-state index contributed by atoms with van der Waals surface area (Å²) in [4.78, 5) is 4.63. The topological polar surface area (TPSA) is 36.7 Å². The number of benzene rings is 5. The molecule has 5 aromatic carbocycles. The van der Waals surface area contributed by atoms with Crippen molar-refractivity contribution in [2.24, 2.45) is 0 Å². The van der Waals surface area contributed by atoms with Crippen LogP contribution in [0, 0.1) is 11.3 Å². The number of nitriles is 1. The maximum absolute atomic E-state index is 9.50. The van der Waals surface area contributed by atoms with Crippen LogP contribution in [0.2, 0.25) is 0 Å². The molecule has 0 saturated heterocycles. The highest BCUT2D eigenvalue weighted by Gasteiger charge is 2.46. The predicted molar refractivity (Wildman–Crippen MR) is 157 cm³/mol. The van der Waals surface area contributed by atoms with E-state index in [0.29, 0.717) is 5.56 Å². The van der Waals surface area contributed by atoms with E-state index in [9.17, 15) is 5.26 Å². The zero-order valence-electron chi connectivity index (χ0n) is 21.3. The number of aromatic nitrogens is 1. The van der Waals surface area contributed by atoms with Crippen LogP contribution in [-0.2, 0) is 5.41 Å². The van der Waals surface area contributed by atoms with Gasteiger partial charge in [-0.15, -0.1) is 0 Å². The molecule has 0 spiro atoms. The molecule has 0 unspecified atom stereocenters. The van der Waals surface area contributed by atoms with Gasteiger partial charge in [-0.25, -0.2) is 0 Å². The van der Waals surface area contributed by atoms with Crippen LogP contribution in [0.3, 0.4) is 0 Å². The molecule has 0 N–H and O–H groups in total. The Hall–Kier alpha value is -5.26. The van der Waals surface area contributed by atoms with Crippen molar-refractivity contribution in [3.8, 4) is 39.6 Å². The second-order valence-electron chi connectivity index (χ2n) is 9.91. The highest BCUT2D eigenvalue weighted by Crippen LogP contribution is 2.57. The standard InChI is InChI=1S/C37H24N2/c38-25-26-20-21-39-36(22-26)29-17-19-33-32-18-16-28(27-10-4-1-5-11-27)23-34(32)37(35(33)24-29,30-12-6-2-7-13-30)31-14-8-3-9-15-31/h1-24H. The maximum Gasteiger partial charge on any atom is 0.0992 e. The molecule has 0 saturated carbocycles. The smallest absolute Gasteiger partial charge is 0.0992 e. The molecule has 0 atom stereocenters. The van der Waals surface area contributed by atoms with Crippen LogP contribution >= 0.6 is 0 Å². The lowest BCUT2D eigenvalue weighted by Crippen LogP contribution is -2.28. The van der Waals surface area contributed by atoms with Gasteiger partial charge < -0.3 is 0 Å². The zero-order chi connectivity index (χ0) is 26.2. The Bertz CT molecular complexity index is 1810. The third-order valence-corrected chi connectivity index (χ3v) is 7.84. The summed E-state index contributed by atoms with van der Waals surface area (Å²) in [5, 5.41) is 9.50. The van der Waals surface area contributed by atoms with Gasteiger partial charge in [-0.05, 0) is 68.8 Å². The molecule has 7 rings (SSSR count). The van der Waals surface area contributed by atoms with Gasteiger partial charge in [0.05, 0.1) is 22.7 Å². The summed E-state index contributed by atoms with van der Waals surface area (Å²) in [6.45, 7) is 0. The Morgan fingerprint density at radius 1 is 0.513 bits per heavy atom. The average molecular weight is 497 g/mol. The lowest BCUT2D eigenvalue weighted by atomic mass is 9.67. The summed E-state index contributed by atoms with van der Waals surface area (Å²) in [7, 11) is 0. The van der Waals surface area contributed by atoms with Crippen LogP contribution in [0.1, 0.15) is 27.8 Å². The zero-order valence-corrected chi connectivity index (χ0v) is 21.3. The minimum Gasteiger partial charge on any atom is -0.256 e. The third kappa shape index (κ3) is 3.60. The molecule has 1 heterocycles. The first-order chi connectivity index (χ1) is 19.3. The van der Waals surface area contributed by atoms with E-state index in [1.807, 2.05) is 6.07 Å². The van der Waals surface area contributed by atoms with Crippen molar-refractivity contribution in [1.29, 1.82) is 5.26 Å². The SMILES string of the molecule is N#Cc1ccnc(-c2ccc3c(c2)C(c2ccccc2)(c2ccccc2)c2cc(-c4ccccc4)ccc2-3)c1. The third-order valence-electron chi connectivity index (χ3n) is 7.84. The number of nitrogens with zero attached hydrogens (tertiary/aromatic N) is 2. The minimum absolute atomic E-state index is 0.513. The van der Waals surface area contributed by atoms with E-state index in [-0.39, 0.29) is 0 Å². The Labute approximate surface area is 228 Å². The second-order valence-corrected chi connectivity index (χ2v) is 9.91. The molecule has 0 bridgehead atoms. The van der Waals surface area contributed by atoms with Gasteiger partial charge in [0.25, 0.3) is 0 Å². The van der Waals surface area contributed by atoms with E-state index < -0.39 is 5.41 Å². The molecule has 1 aromatic heterocycles. The largest absolute Gasteiger partial charge is 0.256 e. The number of hydrogen-bond donors (Lipinski definition) is 0.